The van der Waals surface area contributed by atoms with Gasteiger partial charge in [-0.05, 0) is 59.6 Å². The zero-order chi connectivity index (χ0) is 23.6. The second-order valence-corrected chi connectivity index (χ2v) is 10.5. The van der Waals surface area contributed by atoms with E-state index >= 15 is 0 Å². The molecule has 172 valence electrons. The van der Waals surface area contributed by atoms with E-state index < -0.39 is 25.1 Å². The quantitative estimate of drug-likeness (QED) is 0.439. The lowest BCUT2D eigenvalue weighted by Crippen LogP contribution is -2.44. The van der Waals surface area contributed by atoms with Crippen molar-refractivity contribution in [1.29, 1.82) is 0 Å². The predicted octanol–water partition coefficient (Wildman–Crippen LogP) is 4.23. The molecule has 2 N–H and O–H groups in total. The number of fused-ring (bicyclic) bond motifs is 4. The average molecular weight is 473 g/mol. The Kier molecular flexibility index (Phi) is 5.13. The first-order valence-corrected chi connectivity index (χ1v) is 12.4. The Bertz CT molecular complexity index is 1340. The minimum Gasteiger partial charge on any atom is -0.507 e. The molecule has 2 saturated heterocycles. The minimum atomic E-state index is -1.13. The highest BCUT2D eigenvalue weighted by Gasteiger charge is 2.57. The number of aromatic hydroxyl groups is 1. The highest BCUT2D eigenvalue weighted by atomic mass is 32.1. The van der Waals surface area contributed by atoms with Gasteiger partial charge in [0, 0.05) is 10.3 Å². The van der Waals surface area contributed by atoms with Crippen LogP contribution in [0, 0.1) is 17.8 Å². The fraction of sp³-hybridized carbons (Fsp3) is 0.308. The molecule has 0 bridgehead atoms. The van der Waals surface area contributed by atoms with Crippen LogP contribution in [0.3, 0.4) is 0 Å². The lowest BCUT2D eigenvalue weighted by Gasteiger charge is -2.41. The van der Waals surface area contributed by atoms with Crippen LogP contribution in [0.4, 0.5) is 0 Å². The maximum absolute atomic E-state index is 13.6. The summed E-state index contributed by atoms with van der Waals surface area (Å²) in [7, 11) is -1.13. The number of carbonyl (C=O) groups excluding carboxylic acids is 2. The van der Waals surface area contributed by atoms with Crippen LogP contribution in [0.1, 0.15) is 36.3 Å². The molecule has 3 aromatic rings. The maximum atomic E-state index is 13.6. The van der Waals surface area contributed by atoms with Crippen LogP contribution in [0.5, 0.6) is 5.75 Å². The first-order chi connectivity index (χ1) is 16.4. The fourth-order valence-corrected chi connectivity index (χ4v) is 6.82. The Morgan fingerprint density at radius 2 is 1.85 bits per heavy atom. The summed E-state index contributed by atoms with van der Waals surface area (Å²) in [6, 6.07) is 14.9. The molecule has 6 rings (SSSR count). The van der Waals surface area contributed by atoms with Gasteiger partial charge in [0.2, 0.25) is 11.8 Å². The number of rotatable bonds is 3. The summed E-state index contributed by atoms with van der Waals surface area (Å²) < 4.78 is 6.09. The van der Waals surface area contributed by atoms with E-state index in [1.807, 2.05) is 54.8 Å². The van der Waals surface area contributed by atoms with E-state index in [0.717, 1.165) is 26.9 Å². The van der Waals surface area contributed by atoms with Crippen molar-refractivity contribution in [2.75, 3.05) is 0 Å². The van der Waals surface area contributed by atoms with E-state index in [4.69, 9.17) is 4.65 Å². The molecule has 3 aliphatic rings. The SMILES string of the molecule is CC1=C2B(O)O[C@H](c3ccc(O)c4ccccc34)C[C@H]2[C@H]2C(=O)N(Cc3cccs3)C(=O)[C@H]2C1. The van der Waals surface area contributed by atoms with Crippen LogP contribution in [0.25, 0.3) is 10.8 Å². The third-order valence-corrected chi connectivity index (χ3v) is 8.48. The molecule has 6 nitrogen and oxygen atoms in total. The van der Waals surface area contributed by atoms with Crippen molar-refractivity contribution in [3.05, 3.63) is 75.4 Å². The van der Waals surface area contributed by atoms with Gasteiger partial charge < -0.3 is 14.8 Å². The van der Waals surface area contributed by atoms with Crippen LogP contribution in [0.15, 0.2) is 65.0 Å². The molecule has 3 heterocycles. The normalized spacial score (nSPS) is 26.9. The van der Waals surface area contributed by atoms with Crippen LogP contribution in [-0.2, 0) is 20.8 Å². The van der Waals surface area contributed by atoms with E-state index in [-0.39, 0.29) is 23.5 Å². The number of thiophene rings is 1. The van der Waals surface area contributed by atoms with Crippen LogP contribution in [0.2, 0.25) is 0 Å². The molecular weight excluding hydrogens is 449 g/mol. The molecule has 0 radical (unpaired) electrons. The van der Waals surface area contributed by atoms with Gasteiger partial charge in [-0.3, -0.25) is 14.5 Å². The standard InChI is InChI=1S/C26H24BNO5S/c1-14-11-20-23(26(31)28(25(20)30)13-15-5-4-10-34-15)19-12-22(33-27(32)24(14)19)18-8-9-21(29)17-7-3-2-6-16(17)18/h2-10,19-20,22-23,29,32H,11-13H2,1H3/t19-,20-,22-,23+/m0/s1. The van der Waals surface area contributed by atoms with E-state index in [9.17, 15) is 19.7 Å². The number of benzene rings is 2. The van der Waals surface area contributed by atoms with E-state index in [0.29, 0.717) is 24.8 Å². The summed E-state index contributed by atoms with van der Waals surface area (Å²) in [6.07, 6.45) is 0.496. The molecule has 0 saturated carbocycles. The van der Waals surface area contributed by atoms with Gasteiger partial charge in [0.15, 0.2) is 0 Å². The lowest BCUT2D eigenvalue weighted by molar-refractivity contribution is -0.140. The molecule has 0 spiro atoms. The van der Waals surface area contributed by atoms with Crippen molar-refractivity contribution >= 4 is 41.0 Å². The lowest BCUT2D eigenvalue weighted by atomic mass is 9.55. The summed E-state index contributed by atoms with van der Waals surface area (Å²) in [6.45, 7) is 2.23. The maximum Gasteiger partial charge on any atom is 0.487 e. The van der Waals surface area contributed by atoms with Crippen molar-refractivity contribution in [3.8, 4) is 5.75 Å². The molecule has 1 aromatic heterocycles. The van der Waals surface area contributed by atoms with E-state index in [1.165, 1.54) is 16.2 Å². The van der Waals surface area contributed by atoms with Crippen LogP contribution < -0.4 is 0 Å². The first kappa shape index (κ1) is 21.6. The topological polar surface area (TPSA) is 87.1 Å². The van der Waals surface area contributed by atoms with Crippen molar-refractivity contribution in [2.24, 2.45) is 17.8 Å². The third-order valence-electron chi connectivity index (χ3n) is 7.62. The molecule has 1 aliphatic carbocycles. The predicted molar refractivity (Wildman–Crippen MR) is 130 cm³/mol. The smallest absolute Gasteiger partial charge is 0.487 e. The van der Waals surface area contributed by atoms with Gasteiger partial charge in [0.05, 0.1) is 24.5 Å². The largest absolute Gasteiger partial charge is 0.507 e. The highest BCUT2D eigenvalue weighted by molar-refractivity contribution is 7.09. The van der Waals surface area contributed by atoms with Gasteiger partial charge in [0.1, 0.15) is 5.75 Å². The third kappa shape index (κ3) is 3.24. The number of imide groups is 1. The Morgan fingerprint density at radius 3 is 2.62 bits per heavy atom. The average Bonchev–Trinajstić information content (AvgIpc) is 3.42. The number of likely N-dealkylation sites (tertiary alicyclic amines) is 1. The number of hydrogen-bond donors (Lipinski definition) is 2. The monoisotopic (exact) mass is 473 g/mol. The van der Waals surface area contributed by atoms with Gasteiger partial charge in [-0.25, -0.2) is 0 Å². The van der Waals surface area contributed by atoms with E-state index in [2.05, 4.69) is 0 Å². The number of allylic oxidation sites excluding steroid dienone is 2. The summed E-state index contributed by atoms with van der Waals surface area (Å²) in [5.74, 6) is -1.24. The van der Waals surface area contributed by atoms with Crippen LogP contribution in [-0.4, -0.2) is 34.0 Å². The Morgan fingerprint density at radius 1 is 1.06 bits per heavy atom. The van der Waals surface area contributed by atoms with E-state index in [1.54, 1.807) is 6.07 Å². The zero-order valence-electron chi connectivity index (χ0n) is 18.7. The molecule has 2 amide bonds. The molecule has 2 aliphatic heterocycles. The Balaban J connectivity index is 1.38. The minimum absolute atomic E-state index is 0.116. The number of amides is 2. The molecular formula is C26H24BNO5S. The van der Waals surface area contributed by atoms with Crippen molar-refractivity contribution in [1.82, 2.24) is 4.90 Å². The zero-order valence-corrected chi connectivity index (χ0v) is 19.5. The molecule has 2 aromatic carbocycles. The first-order valence-electron chi connectivity index (χ1n) is 11.5. The van der Waals surface area contributed by atoms with Crippen LogP contribution >= 0.6 is 11.3 Å². The summed E-state index contributed by atoms with van der Waals surface area (Å²) >= 11 is 1.53. The van der Waals surface area contributed by atoms with Crippen molar-refractivity contribution in [2.45, 2.75) is 32.4 Å². The Hall–Kier alpha value is -2.94. The van der Waals surface area contributed by atoms with Gasteiger partial charge in [0.25, 0.3) is 0 Å². The Labute approximate surface area is 201 Å². The van der Waals surface area contributed by atoms with Gasteiger partial charge in [-0.15, -0.1) is 11.3 Å². The molecule has 2 fully saturated rings. The van der Waals surface area contributed by atoms with Crippen molar-refractivity contribution < 1.29 is 24.4 Å². The molecule has 8 heteroatoms. The highest BCUT2D eigenvalue weighted by Crippen LogP contribution is 2.52. The fourth-order valence-electron chi connectivity index (χ4n) is 6.12. The molecule has 0 unspecified atom stereocenters. The number of hydrogen-bond acceptors (Lipinski definition) is 6. The molecule has 4 atom stereocenters. The second kappa shape index (κ2) is 8.08. The van der Waals surface area contributed by atoms with Gasteiger partial charge in [-0.2, -0.15) is 0 Å². The number of nitrogens with zero attached hydrogens (tertiary/aromatic N) is 1. The number of carbonyl (C=O) groups is 2. The summed E-state index contributed by atoms with van der Waals surface area (Å²) in [4.78, 5) is 29.3. The van der Waals surface area contributed by atoms with Crippen molar-refractivity contribution in [3.63, 3.8) is 0 Å². The number of phenolic OH excluding ortho intramolecular Hbond substituents is 1. The van der Waals surface area contributed by atoms with Gasteiger partial charge in [-0.1, -0.05) is 42.0 Å². The molecule has 34 heavy (non-hydrogen) atoms. The summed E-state index contributed by atoms with van der Waals surface area (Å²) in [5, 5.41) is 24.9. The number of phenols is 1. The summed E-state index contributed by atoms with van der Waals surface area (Å²) in [5.41, 5.74) is 2.55. The second-order valence-electron chi connectivity index (χ2n) is 9.45. The van der Waals surface area contributed by atoms with Gasteiger partial charge >= 0.3 is 7.12 Å².